The zero-order chi connectivity index (χ0) is 16.3. The molecule has 0 aliphatic carbocycles. The van der Waals surface area contributed by atoms with E-state index >= 15 is 0 Å². The molecule has 0 bridgehead atoms. The Morgan fingerprint density at radius 1 is 1.41 bits per heavy atom. The number of rotatable bonds is 5. The summed E-state index contributed by atoms with van der Waals surface area (Å²) < 4.78 is 14.5. The van der Waals surface area contributed by atoms with Crippen LogP contribution < -0.4 is 5.73 Å². The lowest BCUT2D eigenvalue weighted by Crippen LogP contribution is -2.38. The van der Waals surface area contributed by atoms with E-state index in [1.165, 1.54) is 27.9 Å². The number of carbonyl (C=O) groups excluding carboxylic acids is 2. The van der Waals surface area contributed by atoms with Gasteiger partial charge in [0.2, 0.25) is 5.91 Å². The first-order valence-electron chi connectivity index (χ1n) is 6.68. The second kappa shape index (κ2) is 6.33. The van der Waals surface area contributed by atoms with Crippen LogP contribution in [0.2, 0.25) is 0 Å². The molecule has 2 N–H and O–H groups in total. The number of nitrogens with two attached hydrogens (primary N) is 1. The maximum atomic E-state index is 13.1. The average Bonchev–Trinajstić information content (AvgIpc) is 2.93. The molecule has 0 atom stereocenters. The van der Waals surface area contributed by atoms with E-state index in [0.717, 1.165) is 0 Å². The molecule has 116 valence electrons. The number of hydrogen-bond donors (Lipinski definition) is 1. The average molecular weight is 305 g/mol. The van der Waals surface area contributed by atoms with E-state index in [1.807, 2.05) is 0 Å². The molecule has 0 radical (unpaired) electrons. The predicted molar refractivity (Wildman–Crippen MR) is 76.8 cm³/mol. The van der Waals surface area contributed by atoms with Crippen molar-refractivity contribution in [3.63, 3.8) is 0 Å². The maximum Gasteiger partial charge on any atom is 0.276 e. The fourth-order valence-corrected chi connectivity index (χ4v) is 2.03. The molecule has 0 spiro atoms. The Kier molecular flexibility index (Phi) is 4.50. The van der Waals surface area contributed by atoms with Crippen LogP contribution in [0.5, 0.6) is 0 Å². The van der Waals surface area contributed by atoms with E-state index in [-0.39, 0.29) is 18.1 Å². The first kappa shape index (κ1) is 15.6. The third kappa shape index (κ3) is 3.27. The molecule has 2 rings (SSSR count). The number of nitrogens with zero attached hydrogens (tertiary/aromatic N) is 4. The van der Waals surface area contributed by atoms with Gasteiger partial charge in [-0.2, -0.15) is 0 Å². The van der Waals surface area contributed by atoms with Gasteiger partial charge in [-0.15, -0.1) is 5.10 Å². The summed E-state index contributed by atoms with van der Waals surface area (Å²) in [5.74, 6) is -1.39. The van der Waals surface area contributed by atoms with Gasteiger partial charge in [0.15, 0.2) is 5.69 Å². The number of aryl methyl sites for hydroxylation is 1. The topological polar surface area (TPSA) is 94.1 Å². The lowest BCUT2D eigenvalue weighted by Gasteiger charge is -2.17. The molecule has 0 saturated heterocycles. The van der Waals surface area contributed by atoms with Crippen molar-refractivity contribution in [2.45, 2.75) is 13.8 Å². The molecule has 0 aliphatic rings. The third-order valence-corrected chi connectivity index (χ3v) is 3.13. The second-order valence-corrected chi connectivity index (χ2v) is 4.76. The highest BCUT2D eigenvalue weighted by Gasteiger charge is 2.19. The summed E-state index contributed by atoms with van der Waals surface area (Å²) in [6.45, 7) is 3.60. The van der Waals surface area contributed by atoms with E-state index in [0.29, 0.717) is 17.8 Å². The van der Waals surface area contributed by atoms with Gasteiger partial charge in [-0.25, -0.2) is 9.07 Å². The monoisotopic (exact) mass is 305 g/mol. The lowest BCUT2D eigenvalue weighted by molar-refractivity contribution is -0.118. The highest BCUT2D eigenvalue weighted by Crippen LogP contribution is 2.15. The molecule has 1 aromatic carbocycles. The first-order valence-corrected chi connectivity index (χ1v) is 6.68. The Hall–Kier alpha value is -2.77. The first-order chi connectivity index (χ1) is 10.4. The summed E-state index contributed by atoms with van der Waals surface area (Å²) in [6, 6.07) is 4.22. The fraction of sp³-hybridized carbons (Fsp3) is 0.286. The van der Waals surface area contributed by atoms with Crippen molar-refractivity contribution in [2.24, 2.45) is 5.73 Å². The molecule has 22 heavy (non-hydrogen) atoms. The number of benzene rings is 1. The van der Waals surface area contributed by atoms with Crippen LogP contribution in [0.3, 0.4) is 0 Å². The molecule has 7 nitrogen and oxygen atoms in total. The van der Waals surface area contributed by atoms with Crippen LogP contribution in [0.4, 0.5) is 4.39 Å². The summed E-state index contributed by atoms with van der Waals surface area (Å²) in [5, 5.41) is 7.68. The summed E-state index contributed by atoms with van der Waals surface area (Å²) in [7, 11) is 0. The molecule has 0 saturated carbocycles. The standard InChI is InChI=1S/C14H16FN5O2/c1-3-19(8-13(16)21)14(22)11-7-20(18-17-11)12-5-4-10(15)6-9(12)2/h4-7H,3,8H2,1-2H3,(H2,16,21). The Bertz CT molecular complexity index is 713. The van der Waals surface area contributed by atoms with Gasteiger partial charge in [-0.3, -0.25) is 9.59 Å². The number of carbonyl (C=O) groups is 2. The number of likely N-dealkylation sites (N-methyl/N-ethyl adjacent to an activating group) is 1. The molecule has 1 aromatic heterocycles. The van der Waals surface area contributed by atoms with Gasteiger partial charge in [0.25, 0.3) is 5.91 Å². The number of amides is 2. The molecule has 1 heterocycles. The van der Waals surface area contributed by atoms with E-state index in [2.05, 4.69) is 10.3 Å². The Balaban J connectivity index is 2.27. The zero-order valence-electron chi connectivity index (χ0n) is 12.3. The van der Waals surface area contributed by atoms with Crippen molar-refractivity contribution < 1.29 is 14.0 Å². The van der Waals surface area contributed by atoms with Gasteiger partial charge >= 0.3 is 0 Å². The van der Waals surface area contributed by atoms with Gasteiger partial charge < -0.3 is 10.6 Å². The molecular formula is C14H16FN5O2. The minimum Gasteiger partial charge on any atom is -0.368 e. The molecule has 2 amide bonds. The molecule has 0 aliphatic heterocycles. The van der Waals surface area contributed by atoms with Gasteiger partial charge in [0.05, 0.1) is 18.4 Å². The van der Waals surface area contributed by atoms with Crippen LogP contribution in [-0.4, -0.2) is 44.8 Å². The van der Waals surface area contributed by atoms with E-state index < -0.39 is 11.8 Å². The summed E-state index contributed by atoms with van der Waals surface area (Å²) in [6.07, 6.45) is 1.44. The molecular weight excluding hydrogens is 289 g/mol. The molecule has 8 heteroatoms. The van der Waals surface area contributed by atoms with Crippen molar-refractivity contribution in [2.75, 3.05) is 13.1 Å². The summed E-state index contributed by atoms with van der Waals surface area (Å²) in [4.78, 5) is 24.5. The number of primary amides is 1. The van der Waals surface area contributed by atoms with Crippen molar-refractivity contribution in [3.05, 3.63) is 41.5 Å². The van der Waals surface area contributed by atoms with Gasteiger partial charge in [-0.05, 0) is 37.6 Å². The number of hydrogen-bond acceptors (Lipinski definition) is 4. The van der Waals surface area contributed by atoms with Crippen LogP contribution in [-0.2, 0) is 4.79 Å². The van der Waals surface area contributed by atoms with Crippen molar-refractivity contribution >= 4 is 11.8 Å². The fourth-order valence-electron chi connectivity index (χ4n) is 2.03. The predicted octanol–water partition coefficient (Wildman–Crippen LogP) is 0.662. The van der Waals surface area contributed by atoms with Gasteiger partial charge in [0, 0.05) is 6.54 Å². The van der Waals surface area contributed by atoms with Crippen LogP contribution in [0.15, 0.2) is 24.4 Å². The van der Waals surface area contributed by atoms with Crippen LogP contribution in [0, 0.1) is 12.7 Å². The highest BCUT2D eigenvalue weighted by atomic mass is 19.1. The number of aromatic nitrogens is 3. The van der Waals surface area contributed by atoms with Crippen molar-refractivity contribution in [3.8, 4) is 5.69 Å². The largest absolute Gasteiger partial charge is 0.368 e. The Morgan fingerprint density at radius 3 is 2.73 bits per heavy atom. The Morgan fingerprint density at radius 2 is 2.14 bits per heavy atom. The minimum atomic E-state index is -0.600. The highest BCUT2D eigenvalue weighted by molar-refractivity contribution is 5.94. The maximum absolute atomic E-state index is 13.1. The van der Waals surface area contributed by atoms with Crippen LogP contribution in [0.25, 0.3) is 5.69 Å². The normalized spacial score (nSPS) is 10.5. The summed E-state index contributed by atoms with van der Waals surface area (Å²) in [5.41, 5.74) is 6.47. The number of halogens is 1. The molecule has 0 fully saturated rings. The summed E-state index contributed by atoms with van der Waals surface area (Å²) >= 11 is 0. The van der Waals surface area contributed by atoms with Gasteiger partial charge in [-0.1, -0.05) is 5.21 Å². The minimum absolute atomic E-state index is 0.0897. The van der Waals surface area contributed by atoms with Crippen molar-refractivity contribution in [1.29, 1.82) is 0 Å². The van der Waals surface area contributed by atoms with E-state index in [9.17, 15) is 14.0 Å². The quantitative estimate of drug-likeness (QED) is 0.878. The van der Waals surface area contributed by atoms with Crippen LogP contribution >= 0.6 is 0 Å². The smallest absolute Gasteiger partial charge is 0.276 e. The lowest BCUT2D eigenvalue weighted by atomic mass is 10.2. The zero-order valence-corrected chi connectivity index (χ0v) is 12.3. The second-order valence-electron chi connectivity index (χ2n) is 4.76. The Labute approximate surface area is 126 Å². The SMILES string of the molecule is CCN(CC(N)=O)C(=O)c1cn(-c2ccc(F)cc2C)nn1. The van der Waals surface area contributed by atoms with Crippen molar-refractivity contribution in [1.82, 2.24) is 19.9 Å². The molecule has 2 aromatic rings. The van der Waals surface area contributed by atoms with Gasteiger partial charge in [0.1, 0.15) is 5.82 Å². The van der Waals surface area contributed by atoms with Crippen LogP contribution in [0.1, 0.15) is 23.0 Å². The van der Waals surface area contributed by atoms with E-state index in [4.69, 9.17) is 5.73 Å². The third-order valence-electron chi connectivity index (χ3n) is 3.13. The van der Waals surface area contributed by atoms with E-state index in [1.54, 1.807) is 19.9 Å². The molecule has 0 unspecified atom stereocenters.